The van der Waals surface area contributed by atoms with E-state index in [4.69, 9.17) is 5.26 Å². The van der Waals surface area contributed by atoms with Gasteiger partial charge < -0.3 is 0 Å². The zero-order valence-corrected chi connectivity index (χ0v) is 31.6. The summed E-state index contributed by atoms with van der Waals surface area (Å²) in [5, 5.41) is 8.22. The highest BCUT2D eigenvalue weighted by Gasteiger charge is 2.30. The lowest BCUT2D eigenvalue weighted by Gasteiger charge is -2.04. The Morgan fingerprint density at radius 1 is 0.481 bits per heavy atom. The van der Waals surface area contributed by atoms with Gasteiger partial charge in [0, 0.05) is 0 Å². The summed E-state index contributed by atoms with van der Waals surface area (Å²) in [6.45, 7) is 53.7. The molecular weight excluding hydrogens is 655 g/mol. The number of nitriles is 1. The Kier molecular flexibility index (Phi) is 60.5. The molecule has 0 fully saturated rings. The van der Waals surface area contributed by atoms with Crippen molar-refractivity contribution in [1.82, 2.24) is 0 Å². The molecule has 52 heavy (non-hydrogen) atoms. The zero-order valence-electron chi connectivity index (χ0n) is 31.6. The van der Waals surface area contributed by atoms with E-state index in [0.717, 1.165) is 41.0 Å². The molecule has 0 aromatic rings. The molecule has 0 saturated carbocycles. The topological polar surface area (TPSA) is 23.8 Å². The molecule has 0 spiro atoms. The molecular formula is C47H59F4N. The molecule has 0 bridgehead atoms. The number of hydrogen-bond donors (Lipinski definition) is 0. The molecule has 0 rings (SSSR count). The number of halogens is 4. The maximum Gasteiger partial charge on any atom is 0.416 e. The molecule has 0 radical (unpaired) electrons. The third-order valence-electron chi connectivity index (χ3n) is 3.90. The predicted molar refractivity (Wildman–Crippen MR) is 230 cm³/mol. The van der Waals surface area contributed by atoms with E-state index in [9.17, 15) is 17.6 Å². The second-order valence-electron chi connectivity index (χ2n) is 8.90. The van der Waals surface area contributed by atoms with Crippen molar-refractivity contribution >= 4 is 0 Å². The third kappa shape index (κ3) is 79.3. The Morgan fingerprint density at radius 2 is 0.808 bits per heavy atom. The number of nitrogens with zero attached hydrogens (tertiary/aromatic N) is 1. The van der Waals surface area contributed by atoms with E-state index in [1.54, 1.807) is 42.5 Å². The van der Waals surface area contributed by atoms with Gasteiger partial charge in [-0.05, 0) is 39.0 Å². The Labute approximate surface area is 314 Å². The van der Waals surface area contributed by atoms with Crippen LogP contribution < -0.4 is 0 Å². The predicted octanol–water partition coefficient (Wildman–Crippen LogP) is 15.7. The van der Waals surface area contributed by atoms with Gasteiger partial charge in [-0.15, -0.1) is 0 Å². The minimum absolute atomic E-state index is 0.352. The summed E-state index contributed by atoms with van der Waals surface area (Å²) >= 11 is 0. The number of hydrogen-bond acceptors (Lipinski definition) is 1. The van der Waals surface area contributed by atoms with Crippen molar-refractivity contribution in [3.05, 3.63) is 259 Å². The average molecular weight is 714 g/mol. The maximum absolute atomic E-state index is 11.8. The van der Waals surface area contributed by atoms with Crippen LogP contribution in [0.15, 0.2) is 259 Å². The monoisotopic (exact) mass is 713 g/mol. The highest BCUT2D eigenvalue weighted by Crippen LogP contribution is 2.25. The second-order valence-corrected chi connectivity index (χ2v) is 8.90. The molecule has 0 atom stereocenters. The molecule has 0 aliphatic heterocycles. The number of alkyl halides is 3. The van der Waals surface area contributed by atoms with Crippen molar-refractivity contribution in [2.75, 3.05) is 0 Å². The SMILES string of the molecule is C=C/C=C(/C#N)C=C.C=C/C=C(/F)C=C.C=C/C=C(\C=C)C(F)(F)F.C=C/C=C\C(=C)C.C=C/C=C\C(=C)C.C=C/C=C\C(=C)C.C=C/C=C\C=C. The first-order chi connectivity index (χ1) is 24.4. The van der Waals surface area contributed by atoms with Crippen molar-refractivity contribution in [2.24, 2.45) is 0 Å². The van der Waals surface area contributed by atoms with E-state index in [-0.39, 0.29) is 5.83 Å². The fraction of sp³-hybridized carbons (Fsp3) is 0.0851. The average Bonchev–Trinajstić information content (AvgIpc) is 3.10. The standard InChI is InChI=1S/C7H7F3.C7H7N.3C7H10.C6H7F.C6H8/c1-3-5-6(4-2)7(8,9)10;1-3-5-7(4-2)6-8;3*1-4-5-6-7(2)3;1-3-5-6(7)4-2;1-3-5-6-4-2/h3-5H,1-2H2;3-5H,1-2H2;3*4-6H,1-2H2,3H3;3-5H,1-2H2;3-6H,1-2H2/b6-5+;7-5+;3*6-5-;6-5+;6-5-. The van der Waals surface area contributed by atoms with E-state index >= 15 is 0 Å². The van der Waals surface area contributed by atoms with Crippen LogP contribution in [0.1, 0.15) is 20.8 Å². The van der Waals surface area contributed by atoms with Crippen LogP contribution >= 0.6 is 0 Å². The summed E-state index contributed by atoms with van der Waals surface area (Å²) in [4.78, 5) is 0. The van der Waals surface area contributed by atoms with Gasteiger partial charge in [-0.3, -0.25) is 0 Å². The summed E-state index contributed by atoms with van der Waals surface area (Å²) in [7, 11) is 0. The molecule has 0 saturated heterocycles. The number of rotatable bonds is 14. The smallest absolute Gasteiger partial charge is 0.207 e. The molecule has 0 aromatic carbocycles. The Bertz CT molecular complexity index is 1310. The molecule has 1 nitrogen and oxygen atoms in total. The van der Waals surface area contributed by atoms with E-state index in [2.05, 4.69) is 92.1 Å². The van der Waals surface area contributed by atoms with E-state index < -0.39 is 11.7 Å². The van der Waals surface area contributed by atoms with Crippen LogP contribution in [0.3, 0.4) is 0 Å². The first kappa shape index (κ1) is 61.0. The fourth-order valence-corrected chi connectivity index (χ4v) is 1.72. The van der Waals surface area contributed by atoms with Crippen LogP contribution in [-0.2, 0) is 0 Å². The third-order valence-corrected chi connectivity index (χ3v) is 3.90. The minimum Gasteiger partial charge on any atom is -0.207 e. The van der Waals surface area contributed by atoms with Gasteiger partial charge in [0.1, 0.15) is 5.83 Å². The Balaban J connectivity index is -0.0000000914. The minimum atomic E-state index is -4.31. The van der Waals surface area contributed by atoms with Gasteiger partial charge in [-0.2, -0.15) is 18.4 Å². The summed E-state index contributed by atoms with van der Waals surface area (Å²) in [5.74, 6) is -0.352. The molecule has 0 unspecified atom stereocenters. The van der Waals surface area contributed by atoms with E-state index in [0.29, 0.717) is 5.57 Å². The molecule has 0 N–H and O–H groups in total. The van der Waals surface area contributed by atoms with Crippen molar-refractivity contribution in [1.29, 1.82) is 5.26 Å². The first-order valence-corrected chi connectivity index (χ1v) is 15.1. The molecule has 0 heterocycles. The second kappa shape index (κ2) is 51.6. The van der Waals surface area contributed by atoms with Gasteiger partial charge in [-0.25, -0.2) is 4.39 Å². The highest BCUT2D eigenvalue weighted by molar-refractivity contribution is 5.33. The van der Waals surface area contributed by atoms with Crippen molar-refractivity contribution in [2.45, 2.75) is 26.9 Å². The van der Waals surface area contributed by atoms with Crippen molar-refractivity contribution in [3.8, 4) is 6.07 Å². The maximum atomic E-state index is 11.8. The zero-order chi connectivity index (χ0) is 42.2. The molecule has 0 aliphatic rings. The summed E-state index contributed by atoms with van der Waals surface area (Å²) in [6.07, 6.45) is 30.4. The molecule has 5 heteroatoms. The summed E-state index contributed by atoms with van der Waals surface area (Å²) in [6, 6.07) is 1.92. The largest absolute Gasteiger partial charge is 0.416 e. The van der Waals surface area contributed by atoms with Crippen LogP contribution in [0.2, 0.25) is 0 Å². The van der Waals surface area contributed by atoms with Gasteiger partial charge >= 0.3 is 6.18 Å². The van der Waals surface area contributed by atoms with Crippen LogP contribution in [0.5, 0.6) is 0 Å². The molecule has 0 aliphatic carbocycles. The van der Waals surface area contributed by atoms with Crippen LogP contribution in [0, 0.1) is 11.3 Å². The van der Waals surface area contributed by atoms with E-state index in [1.165, 1.54) is 18.2 Å². The Hall–Kier alpha value is -6.25. The van der Waals surface area contributed by atoms with Crippen LogP contribution in [0.4, 0.5) is 17.6 Å². The lowest BCUT2D eigenvalue weighted by Crippen LogP contribution is -2.09. The van der Waals surface area contributed by atoms with Gasteiger partial charge in [0.25, 0.3) is 0 Å². The Morgan fingerprint density at radius 3 is 0.904 bits per heavy atom. The lowest BCUT2D eigenvalue weighted by atomic mass is 10.2. The number of allylic oxidation sites excluding steroid dienone is 28. The first-order valence-electron chi connectivity index (χ1n) is 15.1. The van der Waals surface area contributed by atoms with Gasteiger partial charge in [0.2, 0.25) is 0 Å². The van der Waals surface area contributed by atoms with Crippen molar-refractivity contribution in [3.63, 3.8) is 0 Å². The van der Waals surface area contributed by atoms with Gasteiger partial charge in [0.05, 0.1) is 17.2 Å². The highest BCUT2D eigenvalue weighted by atomic mass is 19.4. The summed E-state index contributed by atoms with van der Waals surface area (Å²) in [5.41, 5.74) is 2.93. The molecule has 0 amide bonds. The quantitative estimate of drug-likeness (QED) is 0.0999. The van der Waals surface area contributed by atoms with Crippen LogP contribution in [0.25, 0.3) is 0 Å². The van der Waals surface area contributed by atoms with Gasteiger partial charge in [0.15, 0.2) is 0 Å². The lowest BCUT2D eigenvalue weighted by molar-refractivity contribution is -0.0881. The molecule has 280 valence electrons. The van der Waals surface area contributed by atoms with Crippen molar-refractivity contribution < 1.29 is 17.6 Å². The molecule has 0 aromatic heterocycles. The van der Waals surface area contributed by atoms with Crippen LogP contribution in [-0.4, -0.2) is 6.18 Å². The van der Waals surface area contributed by atoms with Gasteiger partial charge in [-0.1, -0.05) is 224 Å². The summed E-state index contributed by atoms with van der Waals surface area (Å²) < 4.78 is 47.0. The fourth-order valence-electron chi connectivity index (χ4n) is 1.72. The normalized spacial score (nSPS) is 10.2. The van der Waals surface area contributed by atoms with E-state index in [1.807, 2.05) is 75.4 Å².